The summed E-state index contributed by atoms with van der Waals surface area (Å²) in [6.07, 6.45) is 10.00. The van der Waals surface area contributed by atoms with Crippen molar-refractivity contribution in [3.63, 3.8) is 0 Å². The minimum Gasteiger partial charge on any atom is -0.314 e. The molecule has 0 amide bonds. The molecule has 0 aromatic carbocycles. The zero-order valence-corrected chi connectivity index (χ0v) is 12.5. The summed E-state index contributed by atoms with van der Waals surface area (Å²) in [5.74, 6) is 2.60. The van der Waals surface area contributed by atoms with Crippen LogP contribution in [0.1, 0.15) is 72.6 Å². The molecule has 1 nitrogen and oxygen atoms in total. The van der Waals surface area contributed by atoms with E-state index in [1.54, 1.807) is 0 Å². The molecule has 0 heterocycles. The maximum atomic E-state index is 3.85. The molecule has 1 rings (SSSR count). The van der Waals surface area contributed by atoms with Crippen LogP contribution >= 0.6 is 0 Å². The van der Waals surface area contributed by atoms with E-state index in [1.807, 2.05) is 0 Å². The van der Waals surface area contributed by atoms with Gasteiger partial charge in [0.15, 0.2) is 0 Å². The van der Waals surface area contributed by atoms with Crippen molar-refractivity contribution in [1.29, 1.82) is 0 Å². The van der Waals surface area contributed by atoms with Gasteiger partial charge in [-0.3, -0.25) is 0 Å². The van der Waals surface area contributed by atoms with Crippen LogP contribution in [0.2, 0.25) is 0 Å². The smallest absolute Gasteiger partial charge is 0.00720 e. The fourth-order valence-electron chi connectivity index (χ4n) is 3.13. The number of nitrogens with one attached hydrogen (secondary N) is 1. The molecule has 1 N–H and O–H groups in total. The van der Waals surface area contributed by atoms with Crippen LogP contribution in [0, 0.1) is 17.8 Å². The summed E-state index contributed by atoms with van der Waals surface area (Å²) in [6.45, 7) is 10.6. The quantitative estimate of drug-likeness (QED) is 0.683. The molecule has 17 heavy (non-hydrogen) atoms. The van der Waals surface area contributed by atoms with E-state index in [-0.39, 0.29) is 0 Å². The van der Waals surface area contributed by atoms with Crippen LogP contribution in [0.5, 0.6) is 0 Å². The predicted molar refractivity (Wildman–Crippen MR) is 77.3 cm³/mol. The summed E-state index contributed by atoms with van der Waals surface area (Å²) >= 11 is 0. The molecule has 0 aromatic heterocycles. The standard InChI is InChI=1S/C16H33N/c1-13(2)10-16(11-14(3)4)17-12-15-8-6-5-7-9-15/h13-17H,5-12H2,1-4H3. The van der Waals surface area contributed by atoms with Crippen molar-refractivity contribution in [3.05, 3.63) is 0 Å². The Bertz CT molecular complexity index is 170. The largest absolute Gasteiger partial charge is 0.314 e. The molecular weight excluding hydrogens is 206 g/mol. The highest BCUT2D eigenvalue weighted by molar-refractivity contribution is 4.74. The lowest BCUT2D eigenvalue weighted by Crippen LogP contribution is -2.36. The van der Waals surface area contributed by atoms with Gasteiger partial charge in [0.2, 0.25) is 0 Å². The first-order chi connectivity index (χ1) is 8.08. The molecule has 0 aromatic rings. The second kappa shape index (κ2) is 8.13. The average Bonchev–Trinajstić information content (AvgIpc) is 2.26. The van der Waals surface area contributed by atoms with Gasteiger partial charge >= 0.3 is 0 Å². The van der Waals surface area contributed by atoms with Crippen molar-refractivity contribution >= 4 is 0 Å². The van der Waals surface area contributed by atoms with E-state index in [9.17, 15) is 0 Å². The average molecular weight is 239 g/mol. The molecule has 0 radical (unpaired) electrons. The van der Waals surface area contributed by atoms with Gasteiger partial charge < -0.3 is 5.32 Å². The zero-order chi connectivity index (χ0) is 12.7. The molecular formula is C16H33N. The summed E-state index contributed by atoms with van der Waals surface area (Å²) < 4.78 is 0. The first kappa shape index (κ1) is 15.0. The van der Waals surface area contributed by atoms with E-state index in [1.165, 1.54) is 51.5 Å². The summed E-state index contributed by atoms with van der Waals surface area (Å²) in [5.41, 5.74) is 0. The third-order valence-electron chi connectivity index (χ3n) is 3.93. The molecule has 1 aliphatic carbocycles. The van der Waals surface area contributed by atoms with Crippen molar-refractivity contribution in [3.8, 4) is 0 Å². The first-order valence-electron chi connectivity index (χ1n) is 7.81. The van der Waals surface area contributed by atoms with Crippen molar-refractivity contribution in [1.82, 2.24) is 5.32 Å². The van der Waals surface area contributed by atoms with Gasteiger partial charge in [-0.1, -0.05) is 47.0 Å². The van der Waals surface area contributed by atoms with E-state index in [0.717, 1.165) is 23.8 Å². The summed E-state index contributed by atoms with van der Waals surface area (Å²) in [6, 6.07) is 0.747. The Kier molecular flexibility index (Phi) is 7.18. The molecule has 1 heteroatoms. The molecule has 0 unspecified atom stereocenters. The van der Waals surface area contributed by atoms with Crippen LogP contribution in [-0.2, 0) is 0 Å². The van der Waals surface area contributed by atoms with Crippen LogP contribution < -0.4 is 5.32 Å². The highest BCUT2D eigenvalue weighted by atomic mass is 14.9. The van der Waals surface area contributed by atoms with E-state index < -0.39 is 0 Å². The van der Waals surface area contributed by atoms with E-state index in [2.05, 4.69) is 33.0 Å². The predicted octanol–water partition coefficient (Wildman–Crippen LogP) is 4.62. The highest BCUT2D eigenvalue weighted by Crippen LogP contribution is 2.23. The Labute approximate surface area is 109 Å². The van der Waals surface area contributed by atoms with Crippen LogP contribution in [0.15, 0.2) is 0 Å². The van der Waals surface area contributed by atoms with E-state index in [4.69, 9.17) is 0 Å². The van der Waals surface area contributed by atoms with Gasteiger partial charge in [-0.2, -0.15) is 0 Å². The molecule has 102 valence electrons. The Morgan fingerprint density at radius 2 is 1.41 bits per heavy atom. The monoisotopic (exact) mass is 239 g/mol. The molecule has 0 aliphatic heterocycles. The van der Waals surface area contributed by atoms with Crippen LogP contribution in [0.3, 0.4) is 0 Å². The van der Waals surface area contributed by atoms with Crippen molar-refractivity contribution < 1.29 is 0 Å². The maximum absolute atomic E-state index is 3.85. The van der Waals surface area contributed by atoms with Crippen molar-refractivity contribution in [2.45, 2.75) is 78.7 Å². The van der Waals surface area contributed by atoms with E-state index in [0.29, 0.717) is 0 Å². The number of hydrogen-bond acceptors (Lipinski definition) is 1. The lowest BCUT2D eigenvalue weighted by atomic mass is 9.88. The fourth-order valence-corrected chi connectivity index (χ4v) is 3.13. The van der Waals surface area contributed by atoms with Crippen LogP contribution in [-0.4, -0.2) is 12.6 Å². The van der Waals surface area contributed by atoms with Gasteiger partial charge in [0, 0.05) is 6.04 Å². The van der Waals surface area contributed by atoms with Gasteiger partial charge in [0.25, 0.3) is 0 Å². The van der Waals surface area contributed by atoms with Crippen molar-refractivity contribution in [2.75, 3.05) is 6.54 Å². The topological polar surface area (TPSA) is 12.0 Å². The normalized spacial score (nSPS) is 18.5. The fraction of sp³-hybridized carbons (Fsp3) is 1.00. The molecule has 0 spiro atoms. The van der Waals surface area contributed by atoms with Crippen LogP contribution in [0.4, 0.5) is 0 Å². The SMILES string of the molecule is CC(C)CC(CC(C)C)NCC1CCCCC1. The molecule has 1 fully saturated rings. The van der Waals surface area contributed by atoms with Gasteiger partial charge in [0.1, 0.15) is 0 Å². The Balaban J connectivity index is 2.26. The van der Waals surface area contributed by atoms with Gasteiger partial charge in [0.05, 0.1) is 0 Å². The number of rotatable bonds is 7. The lowest BCUT2D eigenvalue weighted by molar-refractivity contribution is 0.295. The van der Waals surface area contributed by atoms with Gasteiger partial charge in [-0.05, 0) is 50.0 Å². The molecule has 0 atom stereocenters. The third kappa shape index (κ3) is 7.08. The van der Waals surface area contributed by atoms with Gasteiger partial charge in [-0.15, -0.1) is 0 Å². The lowest BCUT2D eigenvalue weighted by Gasteiger charge is -2.27. The van der Waals surface area contributed by atoms with Crippen LogP contribution in [0.25, 0.3) is 0 Å². The van der Waals surface area contributed by atoms with E-state index >= 15 is 0 Å². The molecule has 1 aliphatic rings. The summed E-state index contributed by atoms with van der Waals surface area (Å²) in [5, 5.41) is 3.85. The minimum atomic E-state index is 0.747. The minimum absolute atomic E-state index is 0.747. The molecule has 0 bridgehead atoms. The number of hydrogen-bond donors (Lipinski definition) is 1. The first-order valence-corrected chi connectivity index (χ1v) is 7.81. The Morgan fingerprint density at radius 1 is 0.882 bits per heavy atom. The van der Waals surface area contributed by atoms with Crippen molar-refractivity contribution in [2.24, 2.45) is 17.8 Å². The summed E-state index contributed by atoms with van der Waals surface area (Å²) in [7, 11) is 0. The maximum Gasteiger partial charge on any atom is 0.00720 e. The molecule has 0 saturated heterocycles. The summed E-state index contributed by atoms with van der Waals surface area (Å²) in [4.78, 5) is 0. The second-order valence-corrected chi connectivity index (χ2v) is 6.87. The molecule has 1 saturated carbocycles. The zero-order valence-electron chi connectivity index (χ0n) is 12.5. The second-order valence-electron chi connectivity index (χ2n) is 6.87. The van der Waals surface area contributed by atoms with Gasteiger partial charge in [-0.25, -0.2) is 0 Å². The Hall–Kier alpha value is -0.0400. The Morgan fingerprint density at radius 3 is 1.88 bits per heavy atom. The highest BCUT2D eigenvalue weighted by Gasteiger charge is 2.17. The third-order valence-corrected chi connectivity index (χ3v) is 3.93.